The number of carbonyl (C=O) groups is 2. The van der Waals surface area contributed by atoms with Gasteiger partial charge < -0.3 is 9.64 Å². The monoisotopic (exact) mass is 449 g/mol. The van der Waals surface area contributed by atoms with Crippen LogP contribution in [0.15, 0.2) is 83.3 Å². The molecule has 29 heavy (non-hydrogen) atoms. The van der Waals surface area contributed by atoms with Crippen molar-refractivity contribution < 1.29 is 14.3 Å². The number of halogens is 1. The predicted octanol–water partition coefficient (Wildman–Crippen LogP) is 5.00. The summed E-state index contributed by atoms with van der Waals surface area (Å²) in [4.78, 5) is 26.6. The molecular formula is C24H20BrNO3. The standard InChI is InChI=1S/C24H20BrNO3/c25-20-8-10-21(11-9-20)26-16-19(15-23(26)27)24(28)29-22-12-6-18(7-13-22)14-17-4-2-1-3-5-17/h1-13,19H,14-16H2/t19-/m1/s1. The van der Waals surface area contributed by atoms with Gasteiger partial charge in [-0.1, -0.05) is 58.4 Å². The fraction of sp³-hybridized carbons (Fsp3) is 0.167. The molecule has 1 aliphatic rings. The largest absolute Gasteiger partial charge is 0.426 e. The van der Waals surface area contributed by atoms with Crippen LogP contribution in [-0.4, -0.2) is 18.4 Å². The Hall–Kier alpha value is -2.92. The van der Waals surface area contributed by atoms with Gasteiger partial charge in [-0.2, -0.15) is 0 Å². The third kappa shape index (κ3) is 4.74. The Kier molecular flexibility index (Phi) is 5.76. The van der Waals surface area contributed by atoms with Crippen molar-refractivity contribution in [1.29, 1.82) is 0 Å². The van der Waals surface area contributed by atoms with Crippen LogP contribution < -0.4 is 9.64 Å². The van der Waals surface area contributed by atoms with E-state index in [4.69, 9.17) is 4.74 Å². The maximum absolute atomic E-state index is 12.6. The van der Waals surface area contributed by atoms with Crippen molar-refractivity contribution in [2.45, 2.75) is 12.8 Å². The molecule has 0 N–H and O–H groups in total. The van der Waals surface area contributed by atoms with E-state index in [1.54, 1.807) is 17.0 Å². The lowest BCUT2D eigenvalue weighted by atomic mass is 10.1. The van der Waals surface area contributed by atoms with Gasteiger partial charge in [-0.15, -0.1) is 0 Å². The van der Waals surface area contributed by atoms with Crippen molar-refractivity contribution in [3.63, 3.8) is 0 Å². The molecule has 5 heteroatoms. The summed E-state index contributed by atoms with van der Waals surface area (Å²) in [6.45, 7) is 0.339. The first-order valence-electron chi connectivity index (χ1n) is 9.49. The Bertz CT molecular complexity index is 1000. The van der Waals surface area contributed by atoms with Crippen LogP contribution in [0, 0.1) is 5.92 Å². The molecule has 1 saturated heterocycles. The molecule has 1 atom stereocenters. The number of hydrogen-bond acceptors (Lipinski definition) is 3. The fourth-order valence-electron chi connectivity index (χ4n) is 3.44. The van der Waals surface area contributed by atoms with Gasteiger partial charge in [0.15, 0.2) is 0 Å². The van der Waals surface area contributed by atoms with E-state index in [9.17, 15) is 9.59 Å². The average Bonchev–Trinajstić information content (AvgIpc) is 3.13. The Labute approximate surface area is 178 Å². The molecule has 1 aliphatic heterocycles. The van der Waals surface area contributed by atoms with Crippen LogP contribution in [0.2, 0.25) is 0 Å². The van der Waals surface area contributed by atoms with Gasteiger partial charge in [0, 0.05) is 23.1 Å². The Morgan fingerprint density at radius 1 is 0.931 bits per heavy atom. The minimum atomic E-state index is -0.463. The number of amides is 1. The van der Waals surface area contributed by atoms with Crippen molar-refractivity contribution in [2.24, 2.45) is 5.92 Å². The first-order chi connectivity index (χ1) is 14.1. The number of hydrogen-bond donors (Lipinski definition) is 0. The predicted molar refractivity (Wildman–Crippen MR) is 116 cm³/mol. The summed E-state index contributed by atoms with van der Waals surface area (Å²) in [5.41, 5.74) is 3.17. The van der Waals surface area contributed by atoms with E-state index in [0.29, 0.717) is 12.3 Å². The van der Waals surface area contributed by atoms with E-state index < -0.39 is 5.92 Å². The molecule has 4 rings (SSSR count). The zero-order valence-electron chi connectivity index (χ0n) is 15.8. The van der Waals surface area contributed by atoms with E-state index in [0.717, 1.165) is 22.1 Å². The van der Waals surface area contributed by atoms with Gasteiger partial charge in [0.25, 0.3) is 0 Å². The van der Waals surface area contributed by atoms with E-state index in [-0.39, 0.29) is 18.3 Å². The molecule has 1 fully saturated rings. The first-order valence-corrected chi connectivity index (χ1v) is 10.3. The highest BCUT2D eigenvalue weighted by atomic mass is 79.9. The summed E-state index contributed by atoms with van der Waals surface area (Å²) < 4.78 is 6.47. The van der Waals surface area contributed by atoms with Crippen molar-refractivity contribution in [3.05, 3.63) is 94.5 Å². The zero-order valence-corrected chi connectivity index (χ0v) is 17.3. The first kappa shape index (κ1) is 19.4. The summed E-state index contributed by atoms with van der Waals surface area (Å²) in [7, 11) is 0. The van der Waals surface area contributed by atoms with E-state index in [1.165, 1.54) is 5.56 Å². The Balaban J connectivity index is 1.37. The molecule has 1 heterocycles. The van der Waals surface area contributed by atoms with Crippen molar-refractivity contribution >= 4 is 33.5 Å². The molecule has 4 nitrogen and oxygen atoms in total. The maximum atomic E-state index is 12.6. The summed E-state index contributed by atoms with van der Waals surface area (Å²) >= 11 is 3.39. The third-order valence-electron chi connectivity index (χ3n) is 4.99. The highest BCUT2D eigenvalue weighted by Gasteiger charge is 2.36. The van der Waals surface area contributed by atoms with Crippen molar-refractivity contribution in [2.75, 3.05) is 11.4 Å². The van der Waals surface area contributed by atoms with Gasteiger partial charge in [0.2, 0.25) is 5.91 Å². The molecule has 1 amide bonds. The number of nitrogens with zero attached hydrogens (tertiary/aromatic N) is 1. The lowest BCUT2D eigenvalue weighted by Gasteiger charge is -2.16. The summed E-state index contributed by atoms with van der Waals surface area (Å²) in [5.74, 6) is -0.391. The zero-order chi connectivity index (χ0) is 20.2. The van der Waals surface area contributed by atoms with Gasteiger partial charge in [0.05, 0.1) is 5.92 Å². The van der Waals surface area contributed by atoms with Gasteiger partial charge in [-0.25, -0.2) is 0 Å². The third-order valence-corrected chi connectivity index (χ3v) is 5.52. The van der Waals surface area contributed by atoms with Gasteiger partial charge >= 0.3 is 5.97 Å². The van der Waals surface area contributed by atoms with E-state index in [2.05, 4.69) is 28.1 Å². The van der Waals surface area contributed by atoms with Gasteiger partial charge in [-0.05, 0) is 53.9 Å². The lowest BCUT2D eigenvalue weighted by Crippen LogP contribution is -2.27. The SMILES string of the molecule is O=C(Oc1ccc(Cc2ccccc2)cc1)[C@@H]1CC(=O)N(c2ccc(Br)cc2)C1. The van der Waals surface area contributed by atoms with Crippen LogP contribution in [-0.2, 0) is 16.0 Å². The van der Waals surface area contributed by atoms with Crippen LogP contribution >= 0.6 is 15.9 Å². The van der Waals surface area contributed by atoms with Crippen molar-refractivity contribution in [3.8, 4) is 5.75 Å². The van der Waals surface area contributed by atoms with E-state index in [1.807, 2.05) is 54.6 Å². The topological polar surface area (TPSA) is 46.6 Å². The molecule has 0 radical (unpaired) electrons. The lowest BCUT2D eigenvalue weighted by molar-refractivity contribution is -0.139. The number of rotatable bonds is 5. The second kappa shape index (κ2) is 8.62. The van der Waals surface area contributed by atoms with Gasteiger partial charge in [-0.3, -0.25) is 9.59 Å². The second-order valence-electron chi connectivity index (χ2n) is 7.11. The molecule has 0 spiro atoms. The van der Waals surface area contributed by atoms with Crippen LogP contribution in [0.5, 0.6) is 5.75 Å². The maximum Gasteiger partial charge on any atom is 0.316 e. The van der Waals surface area contributed by atoms with Crippen LogP contribution in [0.25, 0.3) is 0 Å². The van der Waals surface area contributed by atoms with Crippen molar-refractivity contribution in [1.82, 2.24) is 0 Å². The summed E-state index contributed by atoms with van der Waals surface area (Å²) in [6.07, 6.45) is 0.995. The molecule has 146 valence electrons. The quantitative estimate of drug-likeness (QED) is 0.406. The smallest absolute Gasteiger partial charge is 0.316 e. The molecule has 0 bridgehead atoms. The number of ether oxygens (including phenoxy) is 1. The summed E-state index contributed by atoms with van der Waals surface area (Å²) in [6, 6.07) is 25.2. The van der Waals surface area contributed by atoms with Crippen LogP contribution in [0.1, 0.15) is 17.5 Å². The molecule has 0 aliphatic carbocycles. The second-order valence-corrected chi connectivity index (χ2v) is 8.02. The number of anilines is 1. The van der Waals surface area contributed by atoms with Crippen LogP contribution in [0.4, 0.5) is 5.69 Å². The van der Waals surface area contributed by atoms with Crippen LogP contribution in [0.3, 0.4) is 0 Å². The molecule has 0 unspecified atom stereocenters. The average molecular weight is 450 g/mol. The molecule has 3 aromatic carbocycles. The fourth-order valence-corrected chi connectivity index (χ4v) is 3.71. The molecule has 0 saturated carbocycles. The highest BCUT2D eigenvalue weighted by Crippen LogP contribution is 2.27. The minimum absolute atomic E-state index is 0.0625. The number of esters is 1. The number of carbonyl (C=O) groups excluding carboxylic acids is 2. The van der Waals surface area contributed by atoms with Gasteiger partial charge in [0.1, 0.15) is 5.75 Å². The summed E-state index contributed by atoms with van der Waals surface area (Å²) in [5, 5.41) is 0. The molecule has 3 aromatic rings. The van der Waals surface area contributed by atoms with E-state index >= 15 is 0 Å². The molecule has 0 aromatic heterocycles. The molecular weight excluding hydrogens is 430 g/mol. The number of benzene rings is 3. The minimum Gasteiger partial charge on any atom is -0.426 e. The highest BCUT2D eigenvalue weighted by molar-refractivity contribution is 9.10. The Morgan fingerprint density at radius 2 is 1.59 bits per heavy atom. The normalized spacial score (nSPS) is 16.1. The Morgan fingerprint density at radius 3 is 2.28 bits per heavy atom.